The number of hydrogen-bond donors (Lipinski definition) is 6. The third-order valence-electron chi connectivity index (χ3n) is 1.74. The topological polar surface area (TPSA) is 113 Å². The molecule has 6 N–H and O–H groups in total. The third-order valence-corrected chi connectivity index (χ3v) is 1.74. The van der Waals surface area contributed by atoms with Crippen LogP contribution in [-0.2, 0) is 0 Å². The highest BCUT2D eigenvalue weighted by atomic mass is 16.4. The van der Waals surface area contributed by atoms with E-state index in [1.807, 2.05) is 0 Å². The monoisotopic (exact) mass is 195 g/mol. The molecule has 4 atom stereocenters. The highest BCUT2D eigenvalue weighted by molar-refractivity contribution is 4.81. The minimum Gasteiger partial charge on any atom is -0.394 e. The quantitative estimate of drug-likeness (QED) is 0.264. The fourth-order valence-electron chi connectivity index (χ4n) is 0.893. The molecular weight excluding hydrogens is 178 g/mol. The summed E-state index contributed by atoms with van der Waals surface area (Å²) in [4.78, 5) is 0. The molecule has 0 spiro atoms. The van der Waals surface area contributed by atoms with Gasteiger partial charge in [-0.15, -0.1) is 0 Å². The molecule has 0 fully saturated rings. The fourth-order valence-corrected chi connectivity index (χ4v) is 0.893. The van der Waals surface area contributed by atoms with Crippen LogP contribution in [0.15, 0.2) is 0 Å². The van der Waals surface area contributed by atoms with Gasteiger partial charge < -0.3 is 30.8 Å². The molecular formula is C7H17NO5. The molecule has 0 unspecified atom stereocenters. The van der Waals surface area contributed by atoms with Crippen molar-refractivity contribution < 1.29 is 25.5 Å². The molecule has 6 heteroatoms. The van der Waals surface area contributed by atoms with E-state index in [-0.39, 0.29) is 6.54 Å². The van der Waals surface area contributed by atoms with Crippen molar-refractivity contribution in [1.29, 1.82) is 0 Å². The van der Waals surface area contributed by atoms with Crippen LogP contribution in [0, 0.1) is 0 Å². The van der Waals surface area contributed by atoms with Crippen molar-refractivity contribution in [3.63, 3.8) is 0 Å². The molecule has 0 aromatic heterocycles. The van der Waals surface area contributed by atoms with E-state index < -0.39 is 31.0 Å². The van der Waals surface area contributed by atoms with Crippen molar-refractivity contribution in [3.8, 4) is 0 Å². The van der Waals surface area contributed by atoms with Crippen LogP contribution in [0.5, 0.6) is 0 Å². The van der Waals surface area contributed by atoms with Crippen molar-refractivity contribution in [2.75, 3.05) is 20.2 Å². The second-order valence-electron chi connectivity index (χ2n) is 2.86. The predicted molar refractivity (Wildman–Crippen MR) is 45.0 cm³/mol. The van der Waals surface area contributed by atoms with Crippen molar-refractivity contribution in [1.82, 2.24) is 5.32 Å². The SMILES string of the molecule is CNC[C@H](O)[C@@H](O)[C@@H](O)[C@@H](O)CO. The molecule has 0 aromatic carbocycles. The normalized spacial score (nSPS) is 20.8. The fraction of sp³-hybridized carbons (Fsp3) is 1.00. The second-order valence-corrected chi connectivity index (χ2v) is 2.86. The summed E-state index contributed by atoms with van der Waals surface area (Å²) in [6, 6.07) is 0. The first-order chi connectivity index (χ1) is 6.04. The lowest BCUT2D eigenvalue weighted by Crippen LogP contribution is -2.48. The Kier molecular flexibility index (Phi) is 6.13. The van der Waals surface area contributed by atoms with Gasteiger partial charge in [0.1, 0.15) is 18.3 Å². The van der Waals surface area contributed by atoms with Gasteiger partial charge >= 0.3 is 0 Å². The maximum absolute atomic E-state index is 9.21. The van der Waals surface area contributed by atoms with E-state index in [0.29, 0.717) is 0 Å². The average Bonchev–Trinajstić information content (AvgIpc) is 2.14. The van der Waals surface area contributed by atoms with Gasteiger partial charge in [0.2, 0.25) is 0 Å². The van der Waals surface area contributed by atoms with E-state index in [9.17, 15) is 5.11 Å². The number of nitrogens with one attached hydrogen (secondary N) is 1. The smallest absolute Gasteiger partial charge is 0.111 e. The van der Waals surface area contributed by atoms with Gasteiger partial charge in [0.05, 0.1) is 12.7 Å². The molecule has 0 aliphatic heterocycles. The van der Waals surface area contributed by atoms with Crippen LogP contribution in [0.2, 0.25) is 0 Å². The summed E-state index contributed by atoms with van der Waals surface area (Å²) >= 11 is 0. The Morgan fingerprint density at radius 2 is 1.46 bits per heavy atom. The van der Waals surface area contributed by atoms with Crippen LogP contribution in [0.4, 0.5) is 0 Å². The van der Waals surface area contributed by atoms with Crippen molar-refractivity contribution in [2.45, 2.75) is 24.4 Å². The average molecular weight is 195 g/mol. The molecule has 0 saturated carbocycles. The summed E-state index contributed by atoms with van der Waals surface area (Å²) in [6.07, 6.45) is -5.65. The zero-order chi connectivity index (χ0) is 10.4. The Morgan fingerprint density at radius 1 is 1.00 bits per heavy atom. The Morgan fingerprint density at radius 3 is 1.85 bits per heavy atom. The van der Waals surface area contributed by atoms with Crippen LogP contribution < -0.4 is 5.32 Å². The van der Waals surface area contributed by atoms with Gasteiger partial charge in [0.25, 0.3) is 0 Å². The van der Waals surface area contributed by atoms with Gasteiger partial charge in [-0.2, -0.15) is 0 Å². The van der Waals surface area contributed by atoms with Gasteiger partial charge in [-0.25, -0.2) is 0 Å². The first-order valence-electron chi connectivity index (χ1n) is 4.02. The number of hydrogen-bond acceptors (Lipinski definition) is 6. The van der Waals surface area contributed by atoms with E-state index >= 15 is 0 Å². The second kappa shape index (κ2) is 6.25. The van der Waals surface area contributed by atoms with Crippen LogP contribution in [0.3, 0.4) is 0 Å². The molecule has 0 amide bonds. The molecule has 0 saturated heterocycles. The maximum atomic E-state index is 9.21. The van der Waals surface area contributed by atoms with Gasteiger partial charge in [-0.3, -0.25) is 0 Å². The van der Waals surface area contributed by atoms with Gasteiger partial charge in [-0.05, 0) is 7.05 Å². The van der Waals surface area contributed by atoms with Crippen molar-refractivity contribution in [3.05, 3.63) is 0 Å². The first kappa shape index (κ1) is 12.8. The summed E-state index contributed by atoms with van der Waals surface area (Å²) in [7, 11) is 1.57. The van der Waals surface area contributed by atoms with Crippen LogP contribution in [-0.4, -0.2) is 70.1 Å². The predicted octanol–water partition coefficient (Wildman–Crippen LogP) is -3.36. The highest BCUT2D eigenvalue weighted by Crippen LogP contribution is 2.04. The summed E-state index contributed by atoms with van der Waals surface area (Å²) in [6.45, 7) is -0.569. The molecule has 0 bridgehead atoms. The molecule has 0 rings (SSSR count). The molecule has 13 heavy (non-hydrogen) atoms. The maximum Gasteiger partial charge on any atom is 0.111 e. The lowest BCUT2D eigenvalue weighted by molar-refractivity contribution is -0.113. The van der Waals surface area contributed by atoms with Gasteiger partial charge in [0, 0.05) is 6.54 Å². The van der Waals surface area contributed by atoms with E-state index in [0.717, 1.165) is 0 Å². The van der Waals surface area contributed by atoms with E-state index in [2.05, 4.69) is 5.32 Å². The summed E-state index contributed by atoms with van der Waals surface area (Å²) in [5.41, 5.74) is 0. The van der Waals surface area contributed by atoms with Crippen LogP contribution in [0.1, 0.15) is 0 Å². The standard InChI is InChI=1S/C7H17NO5/c1-8-2-4(10)6(12)7(13)5(11)3-9/h4-13H,2-3H2,1H3/t4-,5-,6+,7-/m0/s1. The number of aliphatic hydroxyl groups excluding tert-OH is 5. The van der Waals surface area contributed by atoms with E-state index in [4.69, 9.17) is 20.4 Å². The number of likely N-dealkylation sites (N-methyl/N-ethyl adjacent to an activating group) is 1. The lowest BCUT2D eigenvalue weighted by atomic mass is 10.0. The van der Waals surface area contributed by atoms with Crippen LogP contribution >= 0.6 is 0 Å². The van der Waals surface area contributed by atoms with E-state index in [1.54, 1.807) is 7.05 Å². The molecule has 0 aliphatic carbocycles. The molecule has 0 aromatic rings. The Labute approximate surface area is 76.4 Å². The summed E-state index contributed by atoms with van der Waals surface area (Å²) in [5.74, 6) is 0. The Bertz CT molecular complexity index is 134. The molecule has 0 aliphatic rings. The third kappa shape index (κ3) is 3.99. The molecule has 6 nitrogen and oxygen atoms in total. The summed E-state index contributed by atoms with van der Waals surface area (Å²) in [5, 5.41) is 47.5. The minimum atomic E-state index is -1.55. The van der Waals surface area contributed by atoms with Gasteiger partial charge in [0.15, 0.2) is 0 Å². The highest BCUT2D eigenvalue weighted by Gasteiger charge is 2.29. The van der Waals surface area contributed by atoms with E-state index in [1.165, 1.54) is 0 Å². The lowest BCUT2D eigenvalue weighted by Gasteiger charge is -2.25. The van der Waals surface area contributed by atoms with Crippen molar-refractivity contribution >= 4 is 0 Å². The summed E-state index contributed by atoms with van der Waals surface area (Å²) < 4.78 is 0. The minimum absolute atomic E-state index is 0.0936. The number of rotatable bonds is 6. The zero-order valence-corrected chi connectivity index (χ0v) is 7.46. The Balaban J connectivity index is 3.99. The first-order valence-corrected chi connectivity index (χ1v) is 4.02. The molecule has 0 radical (unpaired) electrons. The zero-order valence-electron chi connectivity index (χ0n) is 7.46. The Hall–Kier alpha value is -0.240. The molecule has 80 valence electrons. The van der Waals surface area contributed by atoms with Gasteiger partial charge in [-0.1, -0.05) is 0 Å². The largest absolute Gasteiger partial charge is 0.394 e. The van der Waals surface area contributed by atoms with Crippen molar-refractivity contribution in [2.24, 2.45) is 0 Å². The number of aliphatic hydroxyl groups is 5. The molecule has 0 heterocycles. The van der Waals surface area contributed by atoms with Crippen LogP contribution in [0.25, 0.3) is 0 Å².